The first-order valence-corrected chi connectivity index (χ1v) is 13.1. The molecule has 1 saturated heterocycles. The van der Waals surface area contributed by atoms with Gasteiger partial charge >= 0.3 is 0 Å². The van der Waals surface area contributed by atoms with E-state index in [9.17, 15) is 8.42 Å². The zero-order valence-corrected chi connectivity index (χ0v) is 20.9. The van der Waals surface area contributed by atoms with E-state index in [1.165, 1.54) is 4.68 Å². The van der Waals surface area contributed by atoms with E-state index in [0.29, 0.717) is 5.82 Å². The number of aryl methyl sites for hydroxylation is 1. The Hall–Kier alpha value is -2.98. The van der Waals surface area contributed by atoms with E-state index in [2.05, 4.69) is 45.2 Å². The third-order valence-corrected chi connectivity index (χ3v) is 7.84. The monoisotopic (exact) mass is 484 g/mol. The molecule has 2 aromatic carbocycles. The number of anilines is 1. The number of sulfone groups is 1. The van der Waals surface area contributed by atoms with Gasteiger partial charge in [0, 0.05) is 26.2 Å². The van der Waals surface area contributed by atoms with Crippen molar-refractivity contribution in [2.45, 2.75) is 37.6 Å². The summed E-state index contributed by atoms with van der Waals surface area (Å²) in [5.74, 6) is 1.35. The Morgan fingerprint density at radius 1 is 1.00 bits per heavy atom. The summed E-state index contributed by atoms with van der Waals surface area (Å²) in [4.78, 5) is 4.93. The van der Waals surface area contributed by atoms with Crippen LogP contribution in [0.4, 0.5) is 5.69 Å². The van der Waals surface area contributed by atoms with Crippen LogP contribution >= 0.6 is 0 Å². The maximum absolute atomic E-state index is 13.0. The van der Waals surface area contributed by atoms with E-state index in [-0.39, 0.29) is 22.7 Å². The van der Waals surface area contributed by atoms with Crippen molar-refractivity contribution in [1.29, 1.82) is 0 Å². The van der Waals surface area contributed by atoms with Crippen LogP contribution in [-0.4, -0.2) is 66.8 Å². The minimum absolute atomic E-state index is 0.0944. The summed E-state index contributed by atoms with van der Waals surface area (Å²) in [6.45, 7) is 9.42. The zero-order valence-electron chi connectivity index (χ0n) is 20.1. The lowest BCUT2D eigenvalue weighted by Crippen LogP contribution is -2.49. The second kappa shape index (κ2) is 10.1. The van der Waals surface area contributed by atoms with Crippen LogP contribution in [-0.2, 0) is 15.7 Å². The number of rotatable bonds is 8. The second-order valence-electron chi connectivity index (χ2n) is 8.98. The normalized spacial score (nSPS) is 16.1. The zero-order chi connectivity index (χ0) is 24.3. The van der Waals surface area contributed by atoms with Crippen LogP contribution in [0.25, 0.3) is 0 Å². The molecule has 9 nitrogen and oxygen atoms in total. The predicted molar refractivity (Wildman–Crippen MR) is 131 cm³/mol. The van der Waals surface area contributed by atoms with Crippen molar-refractivity contribution in [3.8, 4) is 5.75 Å². The molecule has 0 unspecified atom stereocenters. The van der Waals surface area contributed by atoms with Gasteiger partial charge in [-0.1, -0.05) is 43.7 Å². The fourth-order valence-corrected chi connectivity index (χ4v) is 5.72. The molecule has 182 valence electrons. The Bertz CT molecular complexity index is 1200. The summed E-state index contributed by atoms with van der Waals surface area (Å²) in [5, 5.41) is 12.2. The minimum atomic E-state index is -3.59. The molecule has 0 aliphatic carbocycles. The van der Waals surface area contributed by atoms with Crippen molar-refractivity contribution in [1.82, 2.24) is 25.1 Å². The van der Waals surface area contributed by atoms with Gasteiger partial charge in [0.1, 0.15) is 5.75 Å². The molecule has 1 aliphatic heterocycles. The van der Waals surface area contributed by atoms with Gasteiger partial charge < -0.3 is 9.64 Å². The Kier molecular flexibility index (Phi) is 7.18. The topological polar surface area (TPSA) is 93.4 Å². The molecule has 1 atom stereocenters. The van der Waals surface area contributed by atoms with Crippen LogP contribution in [0, 0.1) is 12.8 Å². The Labute approximate surface area is 201 Å². The standard InChI is InChI=1S/C24H32N6O3S/c1-18(2)23(29-15-13-28(14-16-29)21-7-5-6-8-22(21)33-4)24-25-26-27-30(24)17-34(31,32)20-11-9-19(3)10-12-20/h5-12,18,23H,13-17H2,1-4H3/t23-/m1/s1. The lowest BCUT2D eigenvalue weighted by molar-refractivity contribution is 0.135. The third-order valence-electron chi connectivity index (χ3n) is 6.26. The van der Waals surface area contributed by atoms with Gasteiger partial charge in [-0.15, -0.1) is 5.10 Å². The highest BCUT2D eigenvalue weighted by molar-refractivity contribution is 7.90. The average molecular weight is 485 g/mol. The maximum atomic E-state index is 13.0. The number of hydrogen-bond donors (Lipinski definition) is 0. The molecule has 0 N–H and O–H groups in total. The molecule has 34 heavy (non-hydrogen) atoms. The lowest BCUT2D eigenvalue weighted by atomic mass is 10.0. The van der Waals surface area contributed by atoms with E-state index in [4.69, 9.17) is 4.74 Å². The number of tetrazole rings is 1. The lowest BCUT2D eigenvalue weighted by Gasteiger charge is -2.41. The van der Waals surface area contributed by atoms with E-state index in [1.807, 2.05) is 25.1 Å². The fourth-order valence-electron chi connectivity index (χ4n) is 4.51. The molecule has 3 aromatic rings. The molecular weight excluding hydrogens is 452 g/mol. The van der Waals surface area contributed by atoms with Gasteiger partial charge in [-0.3, -0.25) is 4.90 Å². The summed E-state index contributed by atoms with van der Waals surface area (Å²) in [5.41, 5.74) is 2.09. The number of aromatic nitrogens is 4. The first kappa shape index (κ1) is 24.2. The molecule has 2 heterocycles. The van der Waals surface area contributed by atoms with Crippen molar-refractivity contribution in [3.63, 3.8) is 0 Å². The van der Waals surface area contributed by atoms with Gasteiger partial charge in [-0.25, -0.2) is 13.1 Å². The van der Waals surface area contributed by atoms with E-state index >= 15 is 0 Å². The Morgan fingerprint density at radius 3 is 2.32 bits per heavy atom. The highest BCUT2D eigenvalue weighted by atomic mass is 32.2. The molecule has 0 amide bonds. The predicted octanol–water partition coefficient (Wildman–Crippen LogP) is 2.94. The fraction of sp³-hybridized carbons (Fsp3) is 0.458. The van der Waals surface area contributed by atoms with Crippen LogP contribution in [0.15, 0.2) is 53.4 Å². The SMILES string of the molecule is COc1ccccc1N1CCN([C@@H](c2nnnn2CS(=O)(=O)c2ccc(C)cc2)C(C)C)CC1. The molecule has 4 rings (SSSR count). The quantitative estimate of drug-likeness (QED) is 0.482. The smallest absolute Gasteiger partial charge is 0.198 e. The Balaban J connectivity index is 1.52. The maximum Gasteiger partial charge on any atom is 0.198 e. The summed E-state index contributed by atoms with van der Waals surface area (Å²) < 4.78 is 33.1. The number of ether oxygens (including phenoxy) is 1. The van der Waals surface area contributed by atoms with Crippen LogP contribution in [0.3, 0.4) is 0 Å². The number of piperazine rings is 1. The van der Waals surface area contributed by atoms with Crippen molar-refractivity contribution in [2.75, 3.05) is 38.2 Å². The van der Waals surface area contributed by atoms with Crippen molar-refractivity contribution < 1.29 is 13.2 Å². The number of nitrogens with zero attached hydrogens (tertiary/aromatic N) is 6. The van der Waals surface area contributed by atoms with Gasteiger partial charge in [-0.2, -0.15) is 0 Å². The van der Waals surface area contributed by atoms with Crippen LogP contribution < -0.4 is 9.64 Å². The molecule has 1 aliphatic rings. The van der Waals surface area contributed by atoms with E-state index in [0.717, 1.165) is 43.2 Å². The number of para-hydroxylation sites is 2. The molecule has 0 radical (unpaired) electrons. The van der Waals surface area contributed by atoms with Gasteiger partial charge in [0.25, 0.3) is 0 Å². The van der Waals surface area contributed by atoms with Crippen molar-refractivity contribution in [3.05, 3.63) is 59.9 Å². The summed E-state index contributed by atoms with van der Waals surface area (Å²) in [6, 6.07) is 14.8. The number of benzene rings is 2. The van der Waals surface area contributed by atoms with Crippen molar-refractivity contribution >= 4 is 15.5 Å². The first-order chi connectivity index (χ1) is 16.3. The molecule has 0 bridgehead atoms. The van der Waals surface area contributed by atoms with Gasteiger partial charge in [0.15, 0.2) is 21.5 Å². The summed E-state index contributed by atoms with van der Waals surface area (Å²) in [7, 11) is -1.90. The molecular formula is C24H32N6O3S. The van der Waals surface area contributed by atoms with Gasteiger partial charge in [0.05, 0.1) is 23.7 Å². The largest absolute Gasteiger partial charge is 0.495 e. The van der Waals surface area contributed by atoms with E-state index < -0.39 is 9.84 Å². The molecule has 0 spiro atoms. The highest BCUT2D eigenvalue weighted by Crippen LogP contribution is 2.32. The van der Waals surface area contributed by atoms with E-state index in [1.54, 1.807) is 31.4 Å². The third kappa shape index (κ3) is 5.07. The van der Waals surface area contributed by atoms with Crippen LogP contribution in [0.2, 0.25) is 0 Å². The molecule has 1 fully saturated rings. The molecule has 10 heteroatoms. The van der Waals surface area contributed by atoms with Gasteiger partial charge in [-0.05, 0) is 47.5 Å². The molecule has 1 aromatic heterocycles. The number of hydrogen-bond acceptors (Lipinski definition) is 8. The summed E-state index contributed by atoms with van der Waals surface area (Å²) in [6.07, 6.45) is 0. The van der Waals surface area contributed by atoms with Gasteiger partial charge in [0.2, 0.25) is 0 Å². The first-order valence-electron chi connectivity index (χ1n) is 11.5. The van der Waals surface area contributed by atoms with Crippen molar-refractivity contribution in [2.24, 2.45) is 5.92 Å². The average Bonchev–Trinajstić information content (AvgIpc) is 3.26. The summed E-state index contributed by atoms with van der Waals surface area (Å²) >= 11 is 0. The van der Waals surface area contributed by atoms with Crippen LogP contribution in [0.5, 0.6) is 5.75 Å². The minimum Gasteiger partial charge on any atom is -0.495 e. The second-order valence-corrected chi connectivity index (χ2v) is 10.9. The van der Waals surface area contributed by atoms with Crippen LogP contribution in [0.1, 0.15) is 31.3 Å². The molecule has 0 saturated carbocycles. The highest BCUT2D eigenvalue weighted by Gasteiger charge is 2.33. The number of methoxy groups -OCH3 is 1. The Morgan fingerprint density at radius 2 is 1.68 bits per heavy atom.